The number of hydrogen-bond donors (Lipinski definition) is 1. The van der Waals surface area contributed by atoms with Gasteiger partial charge < -0.3 is 5.32 Å². The lowest BCUT2D eigenvalue weighted by molar-refractivity contribution is -0.384. The molecule has 1 aromatic carbocycles. The van der Waals surface area contributed by atoms with Crippen molar-refractivity contribution in [3.8, 4) is 0 Å². The summed E-state index contributed by atoms with van der Waals surface area (Å²) in [4.78, 5) is 21.1. The van der Waals surface area contributed by atoms with E-state index < -0.39 is 4.92 Å². The maximum absolute atomic E-state index is 11.2. The first-order chi connectivity index (χ1) is 7.00. The number of amides is 1. The largest absolute Gasteiger partial charge is 0.322 e. The minimum atomic E-state index is -0.517. The minimum Gasteiger partial charge on any atom is -0.322 e. The molecule has 0 aliphatic carbocycles. The second-order valence-electron chi connectivity index (χ2n) is 3.04. The number of nitro groups is 1. The highest BCUT2D eigenvalue weighted by Gasteiger charge is 2.07. The molecule has 0 aliphatic rings. The van der Waals surface area contributed by atoms with Crippen molar-refractivity contribution >= 4 is 17.3 Å². The molecule has 78 valence electrons. The molecule has 1 amide bonds. The maximum Gasteiger partial charge on any atom is 0.271 e. The molecule has 0 spiro atoms. The highest BCUT2D eigenvalue weighted by atomic mass is 16.6. The Morgan fingerprint density at radius 2 is 2.20 bits per heavy atom. The Kier molecular flexibility index (Phi) is 3.17. The van der Waals surface area contributed by atoms with Crippen LogP contribution in [0.25, 0.3) is 0 Å². The zero-order valence-corrected chi connectivity index (χ0v) is 8.19. The van der Waals surface area contributed by atoms with Crippen molar-refractivity contribution in [3.05, 3.63) is 46.5 Å². The molecular weight excluding hydrogens is 196 g/mol. The molecule has 0 aromatic heterocycles. The molecule has 15 heavy (non-hydrogen) atoms. The van der Waals surface area contributed by atoms with Gasteiger partial charge in [-0.15, -0.1) is 0 Å². The Hall–Kier alpha value is -2.17. The summed E-state index contributed by atoms with van der Waals surface area (Å²) in [7, 11) is 0. The summed E-state index contributed by atoms with van der Waals surface area (Å²) in [5.74, 6) is -0.351. The van der Waals surface area contributed by atoms with Gasteiger partial charge in [-0.2, -0.15) is 0 Å². The first-order valence-corrected chi connectivity index (χ1v) is 4.22. The summed E-state index contributed by atoms with van der Waals surface area (Å²) in [6.45, 7) is 5.03. The van der Waals surface area contributed by atoms with Gasteiger partial charge in [-0.1, -0.05) is 12.6 Å². The molecule has 0 bridgehead atoms. The smallest absolute Gasteiger partial charge is 0.271 e. The Morgan fingerprint density at radius 3 is 2.73 bits per heavy atom. The summed E-state index contributed by atoms with van der Waals surface area (Å²) < 4.78 is 0. The molecule has 0 radical (unpaired) electrons. The van der Waals surface area contributed by atoms with Crippen LogP contribution in [0.5, 0.6) is 0 Å². The predicted molar refractivity (Wildman–Crippen MR) is 56.5 cm³/mol. The Labute approximate surface area is 86.6 Å². The number of nitro benzene ring substituents is 1. The second-order valence-corrected chi connectivity index (χ2v) is 3.04. The monoisotopic (exact) mass is 206 g/mol. The molecule has 0 aliphatic heterocycles. The van der Waals surface area contributed by atoms with E-state index in [0.29, 0.717) is 11.3 Å². The van der Waals surface area contributed by atoms with E-state index in [1.165, 1.54) is 18.2 Å². The van der Waals surface area contributed by atoms with Crippen LogP contribution in [0.3, 0.4) is 0 Å². The molecule has 0 atom stereocenters. The SMILES string of the molecule is C=C(C)C(=O)Nc1cccc([N+](=O)[O-])c1. The number of carbonyl (C=O) groups excluding carboxylic acids is 1. The third-order valence-corrected chi connectivity index (χ3v) is 1.70. The van der Waals surface area contributed by atoms with Crippen LogP contribution >= 0.6 is 0 Å². The second kappa shape index (κ2) is 4.36. The molecule has 0 fully saturated rings. The maximum atomic E-state index is 11.2. The zero-order chi connectivity index (χ0) is 11.4. The summed E-state index contributed by atoms with van der Waals surface area (Å²) in [5, 5.41) is 12.9. The van der Waals surface area contributed by atoms with E-state index in [-0.39, 0.29) is 11.6 Å². The van der Waals surface area contributed by atoms with E-state index in [4.69, 9.17) is 0 Å². The van der Waals surface area contributed by atoms with Crippen LogP contribution in [-0.4, -0.2) is 10.8 Å². The van der Waals surface area contributed by atoms with Crippen LogP contribution in [0.1, 0.15) is 6.92 Å². The van der Waals surface area contributed by atoms with E-state index in [0.717, 1.165) is 0 Å². The van der Waals surface area contributed by atoms with Crippen LogP contribution in [0.15, 0.2) is 36.4 Å². The lowest BCUT2D eigenvalue weighted by atomic mass is 10.2. The summed E-state index contributed by atoms with van der Waals surface area (Å²) in [5.41, 5.74) is 0.674. The summed E-state index contributed by atoms with van der Waals surface area (Å²) >= 11 is 0. The van der Waals surface area contributed by atoms with Gasteiger partial charge in [-0.25, -0.2) is 0 Å². The fraction of sp³-hybridized carbons (Fsp3) is 0.100. The number of carbonyl (C=O) groups is 1. The van der Waals surface area contributed by atoms with Gasteiger partial charge in [0.2, 0.25) is 0 Å². The molecule has 5 nitrogen and oxygen atoms in total. The van der Waals surface area contributed by atoms with Gasteiger partial charge in [0.15, 0.2) is 0 Å². The third-order valence-electron chi connectivity index (χ3n) is 1.70. The summed E-state index contributed by atoms with van der Waals surface area (Å²) in [6.07, 6.45) is 0. The Bertz CT molecular complexity index is 426. The van der Waals surface area contributed by atoms with Crippen LogP contribution in [0, 0.1) is 10.1 Å². The van der Waals surface area contributed by atoms with Crippen LogP contribution in [-0.2, 0) is 4.79 Å². The molecule has 0 unspecified atom stereocenters. The van der Waals surface area contributed by atoms with Crippen molar-refractivity contribution in [2.75, 3.05) is 5.32 Å². The quantitative estimate of drug-likeness (QED) is 0.467. The molecule has 1 aromatic rings. The van der Waals surface area contributed by atoms with Gasteiger partial charge in [0.05, 0.1) is 4.92 Å². The minimum absolute atomic E-state index is 0.0606. The molecule has 1 rings (SSSR count). The highest BCUT2D eigenvalue weighted by molar-refractivity contribution is 6.02. The topological polar surface area (TPSA) is 72.2 Å². The number of hydrogen-bond acceptors (Lipinski definition) is 3. The van der Waals surface area contributed by atoms with Crippen molar-refractivity contribution < 1.29 is 9.72 Å². The van der Waals surface area contributed by atoms with Gasteiger partial charge in [-0.3, -0.25) is 14.9 Å². The molecule has 5 heteroatoms. The number of nitrogens with zero attached hydrogens (tertiary/aromatic N) is 1. The van der Waals surface area contributed by atoms with Gasteiger partial charge in [0.25, 0.3) is 11.6 Å². The lowest BCUT2D eigenvalue weighted by Gasteiger charge is -2.03. The van der Waals surface area contributed by atoms with Crippen molar-refractivity contribution in [3.63, 3.8) is 0 Å². The Morgan fingerprint density at radius 1 is 1.53 bits per heavy atom. The first kappa shape index (κ1) is 10.9. The van der Waals surface area contributed by atoms with E-state index in [2.05, 4.69) is 11.9 Å². The standard InChI is InChI=1S/C10H10N2O3/c1-7(2)10(13)11-8-4-3-5-9(6-8)12(14)15/h3-6H,1H2,2H3,(H,11,13). The fourth-order valence-corrected chi connectivity index (χ4v) is 0.935. The average Bonchev–Trinajstić information content (AvgIpc) is 2.18. The molecule has 0 saturated carbocycles. The number of non-ortho nitro benzene ring substituents is 1. The van der Waals surface area contributed by atoms with E-state index >= 15 is 0 Å². The van der Waals surface area contributed by atoms with Gasteiger partial charge >= 0.3 is 0 Å². The van der Waals surface area contributed by atoms with Crippen molar-refractivity contribution in [1.29, 1.82) is 0 Å². The van der Waals surface area contributed by atoms with Crippen LogP contribution < -0.4 is 5.32 Å². The average molecular weight is 206 g/mol. The molecule has 0 saturated heterocycles. The fourth-order valence-electron chi connectivity index (χ4n) is 0.935. The van der Waals surface area contributed by atoms with E-state index in [1.54, 1.807) is 13.0 Å². The third kappa shape index (κ3) is 2.91. The zero-order valence-electron chi connectivity index (χ0n) is 8.19. The number of nitrogens with one attached hydrogen (secondary N) is 1. The first-order valence-electron chi connectivity index (χ1n) is 4.22. The van der Waals surface area contributed by atoms with Gasteiger partial charge in [0.1, 0.15) is 0 Å². The molecule has 0 heterocycles. The van der Waals surface area contributed by atoms with Crippen molar-refractivity contribution in [2.24, 2.45) is 0 Å². The van der Waals surface area contributed by atoms with Gasteiger partial charge in [-0.05, 0) is 13.0 Å². The highest BCUT2D eigenvalue weighted by Crippen LogP contribution is 2.17. The van der Waals surface area contributed by atoms with Gasteiger partial charge in [0, 0.05) is 23.4 Å². The van der Waals surface area contributed by atoms with Crippen LogP contribution in [0.2, 0.25) is 0 Å². The van der Waals surface area contributed by atoms with Crippen LogP contribution in [0.4, 0.5) is 11.4 Å². The van der Waals surface area contributed by atoms with Crippen molar-refractivity contribution in [2.45, 2.75) is 6.92 Å². The number of rotatable bonds is 3. The number of anilines is 1. The summed E-state index contributed by atoms with van der Waals surface area (Å²) in [6, 6.07) is 5.73. The lowest BCUT2D eigenvalue weighted by Crippen LogP contribution is -2.11. The predicted octanol–water partition coefficient (Wildman–Crippen LogP) is 2.11. The Balaban J connectivity index is 2.87. The normalized spacial score (nSPS) is 9.40. The van der Waals surface area contributed by atoms with E-state index in [1.807, 2.05) is 0 Å². The van der Waals surface area contributed by atoms with E-state index in [9.17, 15) is 14.9 Å². The molecular formula is C10H10N2O3. The van der Waals surface area contributed by atoms with Crippen molar-refractivity contribution in [1.82, 2.24) is 0 Å². The molecule has 1 N–H and O–H groups in total. The number of benzene rings is 1.